The van der Waals surface area contributed by atoms with Crippen molar-refractivity contribution in [2.45, 2.75) is 0 Å². The van der Waals surface area contributed by atoms with Gasteiger partial charge in [0, 0.05) is 0 Å². The number of aromatic hydroxyl groups is 1. The molecule has 0 aromatic heterocycles. The monoisotopic (exact) mass is 190 g/mol. The van der Waals surface area contributed by atoms with Crippen LogP contribution < -0.4 is 0 Å². The molecule has 0 fully saturated rings. The van der Waals surface area contributed by atoms with Gasteiger partial charge >= 0.3 is 0 Å². The lowest BCUT2D eigenvalue weighted by Gasteiger charge is -1.95. The van der Waals surface area contributed by atoms with Gasteiger partial charge in [0.25, 0.3) is 0 Å². The molecule has 12 heavy (non-hydrogen) atoms. The van der Waals surface area contributed by atoms with Crippen molar-refractivity contribution in [2.75, 3.05) is 0 Å². The Morgan fingerprint density at radius 1 is 1.25 bits per heavy atom. The Morgan fingerprint density at radius 3 is 2.08 bits per heavy atom. The summed E-state index contributed by atoms with van der Waals surface area (Å²) in [5.41, 5.74) is 0.242. The number of hydrogen-bond acceptors (Lipinski definition) is 2. The lowest BCUT2D eigenvalue weighted by Crippen LogP contribution is -1.87. The molecule has 0 radical (unpaired) electrons. The van der Waals surface area contributed by atoms with Crippen LogP contribution >= 0.6 is 12.6 Å². The van der Waals surface area contributed by atoms with E-state index >= 15 is 0 Å². The van der Waals surface area contributed by atoms with E-state index in [1.165, 1.54) is 12.1 Å². The molecule has 0 atom stereocenters. The maximum Gasteiger partial charge on any atom is 0.220 e. The standard InChI is InChI=1S/C7H6O2S.2H2O/c8-6-4-2-1-3-5(6)7(9)10;;/h1-4,8H,(H,9,10);2*1H2. The first-order valence-corrected chi connectivity index (χ1v) is 3.18. The normalized spacial score (nSPS) is 7.75. The number of phenolic OH excluding ortho intramolecular Hbond substituents is 1. The predicted octanol–water partition coefficient (Wildman–Crippen LogP) is -0.187. The number of carbonyl (C=O) groups excluding carboxylic acids is 1. The molecule has 1 aromatic rings. The van der Waals surface area contributed by atoms with E-state index in [1.54, 1.807) is 12.1 Å². The molecule has 0 aliphatic carbocycles. The minimum Gasteiger partial charge on any atom is -0.507 e. The Kier molecular flexibility index (Phi) is 6.31. The van der Waals surface area contributed by atoms with E-state index in [-0.39, 0.29) is 22.3 Å². The zero-order valence-corrected chi connectivity index (χ0v) is 7.01. The van der Waals surface area contributed by atoms with Crippen molar-refractivity contribution < 1.29 is 20.9 Å². The molecule has 0 aliphatic heterocycles. The quantitative estimate of drug-likeness (QED) is 0.600. The van der Waals surface area contributed by atoms with Crippen molar-refractivity contribution in [1.82, 2.24) is 0 Å². The van der Waals surface area contributed by atoms with Crippen LogP contribution in [0.3, 0.4) is 0 Å². The van der Waals surface area contributed by atoms with Gasteiger partial charge in [-0.05, 0) is 12.1 Å². The third-order valence-corrected chi connectivity index (χ3v) is 1.38. The molecule has 5 heteroatoms. The summed E-state index contributed by atoms with van der Waals surface area (Å²) >= 11 is 3.56. The van der Waals surface area contributed by atoms with Crippen molar-refractivity contribution in [1.29, 1.82) is 0 Å². The van der Waals surface area contributed by atoms with Crippen LogP contribution in [0.5, 0.6) is 5.75 Å². The Balaban J connectivity index is 0. The summed E-state index contributed by atoms with van der Waals surface area (Å²) in [6.07, 6.45) is 0. The van der Waals surface area contributed by atoms with Crippen LogP contribution in [-0.4, -0.2) is 21.2 Å². The van der Waals surface area contributed by atoms with E-state index in [0.717, 1.165) is 0 Å². The molecule has 68 valence electrons. The lowest BCUT2D eigenvalue weighted by atomic mass is 10.2. The molecule has 0 saturated heterocycles. The SMILES string of the molecule is O.O.O=C(S)c1ccccc1O. The van der Waals surface area contributed by atoms with Crippen LogP contribution in [0.1, 0.15) is 10.4 Å². The maximum absolute atomic E-state index is 10.6. The van der Waals surface area contributed by atoms with Gasteiger partial charge in [-0.3, -0.25) is 4.79 Å². The Labute approximate surface area is 74.9 Å². The van der Waals surface area contributed by atoms with Crippen molar-refractivity contribution in [3.8, 4) is 5.75 Å². The fourth-order valence-corrected chi connectivity index (χ4v) is 0.844. The van der Waals surface area contributed by atoms with Gasteiger partial charge in [-0.25, -0.2) is 0 Å². The topological polar surface area (TPSA) is 100 Å². The smallest absolute Gasteiger partial charge is 0.220 e. The maximum atomic E-state index is 10.6. The summed E-state index contributed by atoms with van der Waals surface area (Å²) in [5, 5.41) is 8.59. The van der Waals surface area contributed by atoms with Crippen molar-refractivity contribution in [3.05, 3.63) is 29.8 Å². The van der Waals surface area contributed by atoms with Crippen LogP contribution in [0.4, 0.5) is 0 Å². The van der Waals surface area contributed by atoms with E-state index < -0.39 is 5.12 Å². The zero-order valence-electron chi connectivity index (χ0n) is 6.11. The van der Waals surface area contributed by atoms with Crippen LogP contribution in [-0.2, 0) is 0 Å². The average Bonchev–Trinajstić information content (AvgIpc) is 1.88. The second-order valence-corrected chi connectivity index (χ2v) is 2.23. The summed E-state index contributed by atoms with van der Waals surface area (Å²) < 4.78 is 0. The zero-order chi connectivity index (χ0) is 7.56. The second-order valence-electron chi connectivity index (χ2n) is 1.82. The van der Waals surface area contributed by atoms with Gasteiger partial charge < -0.3 is 16.1 Å². The van der Waals surface area contributed by atoms with Crippen molar-refractivity contribution in [2.24, 2.45) is 0 Å². The minimum absolute atomic E-state index is 0. The van der Waals surface area contributed by atoms with E-state index in [0.29, 0.717) is 0 Å². The fraction of sp³-hybridized carbons (Fsp3) is 0. The number of rotatable bonds is 1. The van der Waals surface area contributed by atoms with Crippen LogP contribution in [0.15, 0.2) is 24.3 Å². The summed E-state index contributed by atoms with van der Waals surface area (Å²) in [6, 6.07) is 6.28. The first-order chi connectivity index (χ1) is 4.72. The average molecular weight is 190 g/mol. The predicted molar refractivity (Wildman–Crippen MR) is 48.7 cm³/mol. The highest BCUT2D eigenvalue weighted by Crippen LogP contribution is 2.16. The molecule has 0 saturated carbocycles. The summed E-state index contributed by atoms with van der Waals surface area (Å²) in [4.78, 5) is 10.6. The summed E-state index contributed by atoms with van der Waals surface area (Å²) in [6.45, 7) is 0. The van der Waals surface area contributed by atoms with Gasteiger partial charge in [0.2, 0.25) is 5.12 Å². The van der Waals surface area contributed by atoms with Gasteiger partial charge in [-0.15, -0.1) is 12.6 Å². The van der Waals surface area contributed by atoms with E-state index in [4.69, 9.17) is 5.11 Å². The fourth-order valence-electron chi connectivity index (χ4n) is 0.654. The molecular formula is C7H10O4S. The number of phenols is 1. The van der Waals surface area contributed by atoms with E-state index in [2.05, 4.69) is 12.6 Å². The first kappa shape index (κ1) is 13.5. The molecule has 4 nitrogen and oxygen atoms in total. The van der Waals surface area contributed by atoms with E-state index in [1.807, 2.05) is 0 Å². The molecule has 1 rings (SSSR count). The summed E-state index contributed by atoms with van der Waals surface area (Å²) in [5.74, 6) is -0.0255. The molecule has 0 spiro atoms. The summed E-state index contributed by atoms with van der Waals surface area (Å²) in [7, 11) is 0. The molecule has 1 aromatic carbocycles. The Bertz CT molecular complexity index is 261. The molecular weight excluding hydrogens is 180 g/mol. The van der Waals surface area contributed by atoms with Gasteiger partial charge in [0.1, 0.15) is 5.75 Å². The molecule has 0 heterocycles. The molecule has 0 unspecified atom stereocenters. The van der Waals surface area contributed by atoms with Crippen LogP contribution in [0.2, 0.25) is 0 Å². The van der Waals surface area contributed by atoms with Gasteiger partial charge in [0.15, 0.2) is 0 Å². The Morgan fingerprint density at radius 2 is 1.75 bits per heavy atom. The third-order valence-electron chi connectivity index (χ3n) is 1.13. The van der Waals surface area contributed by atoms with E-state index in [9.17, 15) is 4.79 Å². The number of carbonyl (C=O) groups is 1. The van der Waals surface area contributed by atoms with Gasteiger partial charge in [-0.1, -0.05) is 12.1 Å². The molecule has 0 aliphatic rings. The number of thiol groups is 1. The molecule has 0 amide bonds. The highest BCUT2D eigenvalue weighted by atomic mass is 32.1. The van der Waals surface area contributed by atoms with Crippen molar-refractivity contribution >= 4 is 17.7 Å². The molecule has 0 bridgehead atoms. The minimum atomic E-state index is -0.418. The third kappa shape index (κ3) is 2.91. The second kappa shape index (κ2) is 5.59. The number of para-hydroxylation sites is 1. The van der Waals surface area contributed by atoms with Gasteiger partial charge in [-0.2, -0.15) is 0 Å². The number of benzene rings is 1. The number of hydrogen-bond donors (Lipinski definition) is 2. The van der Waals surface area contributed by atoms with Gasteiger partial charge in [0.05, 0.1) is 5.56 Å². The lowest BCUT2D eigenvalue weighted by molar-refractivity contribution is 0.108. The van der Waals surface area contributed by atoms with Crippen LogP contribution in [0, 0.1) is 0 Å². The largest absolute Gasteiger partial charge is 0.507 e. The van der Waals surface area contributed by atoms with Crippen LogP contribution in [0.25, 0.3) is 0 Å². The Hall–Kier alpha value is -1.04. The highest BCUT2D eigenvalue weighted by molar-refractivity contribution is 7.97. The molecule has 5 N–H and O–H groups in total. The van der Waals surface area contributed by atoms with Crippen molar-refractivity contribution in [3.63, 3.8) is 0 Å². The first-order valence-electron chi connectivity index (χ1n) is 2.73. The highest BCUT2D eigenvalue weighted by Gasteiger charge is 2.03.